The molecule has 1 saturated heterocycles. The number of likely N-dealkylation sites (tertiary alicyclic amines) is 1. The molecular weight excluding hydrogens is 400 g/mol. The zero-order valence-corrected chi connectivity index (χ0v) is 18.5. The highest BCUT2D eigenvalue weighted by molar-refractivity contribution is 6.30. The Labute approximate surface area is 183 Å². The van der Waals surface area contributed by atoms with Crippen LogP contribution in [0.15, 0.2) is 24.5 Å². The summed E-state index contributed by atoms with van der Waals surface area (Å²) in [6.07, 6.45) is 9.89. The minimum absolute atomic E-state index is 0.0341. The van der Waals surface area contributed by atoms with Crippen molar-refractivity contribution >= 4 is 17.5 Å². The van der Waals surface area contributed by atoms with Crippen molar-refractivity contribution < 1.29 is 9.53 Å². The maximum Gasteiger partial charge on any atom is 0.260 e. The molecule has 2 aliphatic rings. The van der Waals surface area contributed by atoms with Gasteiger partial charge in [-0.15, -0.1) is 10.2 Å². The number of halogens is 1. The Morgan fingerprint density at radius 3 is 2.77 bits per heavy atom. The third kappa shape index (κ3) is 4.80. The predicted molar refractivity (Wildman–Crippen MR) is 117 cm³/mol. The van der Waals surface area contributed by atoms with Crippen molar-refractivity contribution in [2.24, 2.45) is 0 Å². The topological polar surface area (TPSA) is 60.2 Å². The molecular formula is C23H31ClN4O2. The monoisotopic (exact) mass is 430 g/mol. The molecule has 1 atom stereocenters. The fourth-order valence-corrected chi connectivity index (χ4v) is 5.03. The highest BCUT2D eigenvalue weighted by atomic mass is 35.5. The Balaban J connectivity index is 1.40. The van der Waals surface area contributed by atoms with Crippen molar-refractivity contribution in [1.82, 2.24) is 19.7 Å². The summed E-state index contributed by atoms with van der Waals surface area (Å²) < 4.78 is 8.12. The number of rotatable bonds is 6. The van der Waals surface area contributed by atoms with Crippen LogP contribution in [0.2, 0.25) is 5.02 Å². The smallest absolute Gasteiger partial charge is 0.260 e. The highest BCUT2D eigenvalue weighted by Gasteiger charge is 2.28. The molecule has 0 spiro atoms. The lowest BCUT2D eigenvalue weighted by Crippen LogP contribution is -2.42. The molecule has 2 aromatic rings. The molecule has 4 rings (SSSR count). The van der Waals surface area contributed by atoms with Crippen molar-refractivity contribution in [3.05, 3.63) is 40.9 Å². The van der Waals surface area contributed by atoms with Gasteiger partial charge in [-0.2, -0.15) is 0 Å². The van der Waals surface area contributed by atoms with Gasteiger partial charge in [-0.1, -0.05) is 30.9 Å². The van der Waals surface area contributed by atoms with E-state index in [1.807, 2.05) is 23.1 Å². The molecule has 7 heteroatoms. The molecule has 30 heavy (non-hydrogen) atoms. The number of ether oxygens (including phenoxy) is 1. The third-order valence-electron chi connectivity index (χ3n) is 6.49. The molecule has 1 aromatic carbocycles. The van der Waals surface area contributed by atoms with E-state index in [-0.39, 0.29) is 18.4 Å². The number of aromatic nitrogens is 3. The molecule has 2 fully saturated rings. The van der Waals surface area contributed by atoms with Gasteiger partial charge >= 0.3 is 0 Å². The van der Waals surface area contributed by atoms with Gasteiger partial charge in [-0.05, 0) is 62.3 Å². The van der Waals surface area contributed by atoms with E-state index in [1.165, 1.54) is 19.3 Å². The van der Waals surface area contributed by atoms with Gasteiger partial charge in [0.2, 0.25) is 0 Å². The van der Waals surface area contributed by atoms with E-state index in [9.17, 15) is 4.79 Å². The fourth-order valence-electron chi connectivity index (χ4n) is 4.85. The molecule has 1 aromatic heterocycles. The maximum atomic E-state index is 12.9. The lowest BCUT2D eigenvalue weighted by atomic mass is 9.84. The molecule has 2 heterocycles. The fraction of sp³-hybridized carbons (Fsp3) is 0.609. The van der Waals surface area contributed by atoms with Crippen LogP contribution in [0.25, 0.3) is 0 Å². The zero-order chi connectivity index (χ0) is 20.9. The zero-order valence-electron chi connectivity index (χ0n) is 17.7. The molecule has 6 nitrogen and oxygen atoms in total. The molecule has 1 unspecified atom stereocenters. The minimum atomic E-state index is 0.0341. The summed E-state index contributed by atoms with van der Waals surface area (Å²) in [6, 6.07) is 5.79. The number of piperidine rings is 1. The molecule has 1 saturated carbocycles. The first kappa shape index (κ1) is 21.2. The Bertz CT molecular complexity index is 863. The second-order valence-electron chi connectivity index (χ2n) is 8.46. The lowest BCUT2D eigenvalue weighted by Gasteiger charge is -2.32. The van der Waals surface area contributed by atoms with E-state index in [2.05, 4.69) is 21.7 Å². The molecule has 0 radical (unpaired) electrons. The SMILES string of the molecule is CCn1cnnc1C1CCCN(C(=O)COc2ccc(Cl)cc2C2CCCCC2)C1. The Hall–Kier alpha value is -2.08. The predicted octanol–water partition coefficient (Wildman–Crippen LogP) is 4.78. The summed E-state index contributed by atoms with van der Waals surface area (Å²) in [7, 11) is 0. The maximum absolute atomic E-state index is 12.9. The number of carbonyl (C=O) groups is 1. The Morgan fingerprint density at radius 1 is 1.17 bits per heavy atom. The summed E-state index contributed by atoms with van der Waals surface area (Å²) in [5.74, 6) is 2.53. The van der Waals surface area contributed by atoms with Crippen molar-refractivity contribution in [3.8, 4) is 5.75 Å². The Kier molecular flexibility index (Phi) is 6.93. The van der Waals surface area contributed by atoms with Crippen LogP contribution < -0.4 is 4.74 Å². The van der Waals surface area contributed by atoms with Crippen molar-refractivity contribution in [3.63, 3.8) is 0 Å². The number of amides is 1. The number of aryl methyl sites for hydroxylation is 1. The van der Waals surface area contributed by atoms with Crippen LogP contribution in [-0.2, 0) is 11.3 Å². The average Bonchev–Trinajstić information content (AvgIpc) is 3.28. The van der Waals surface area contributed by atoms with E-state index in [0.29, 0.717) is 12.5 Å². The van der Waals surface area contributed by atoms with Gasteiger partial charge in [0.25, 0.3) is 5.91 Å². The van der Waals surface area contributed by atoms with Gasteiger partial charge < -0.3 is 14.2 Å². The number of nitrogens with zero attached hydrogens (tertiary/aromatic N) is 4. The first-order chi connectivity index (χ1) is 14.7. The first-order valence-electron chi connectivity index (χ1n) is 11.2. The quantitative estimate of drug-likeness (QED) is 0.661. The molecule has 1 amide bonds. The van der Waals surface area contributed by atoms with Gasteiger partial charge in [0.05, 0.1) is 0 Å². The van der Waals surface area contributed by atoms with E-state index in [1.54, 1.807) is 6.33 Å². The second-order valence-corrected chi connectivity index (χ2v) is 8.90. The number of carbonyl (C=O) groups excluding carboxylic acids is 1. The van der Waals surface area contributed by atoms with Crippen LogP contribution in [-0.4, -0.2) is 45.3 Å². The van der Waals surface area contributed by atoms with Gasteiger partial charge in [-0.25, -0.2) is 0 Å². The summed E-state index contributed by atoms with van der Waals surface area (Å²) in [5.41, 5.74) is 1.16. The standard InChI is InChI=1S/C23H31ClN4O2/c1-2-27-16-25-26-23(27)18-9-6-12-28(14-18)22(29)15-30-21-11-10-19(24)13-20(21)17-7-4-3-5-8-17/h10-11,13,16-18H,2-9,12,14-15H2,1H3. The minimum Gasteiger partial charge on any atom is -0.483 e. The molecule has 1 aliphatic heterocycles. The van der Waals surface area contributed by atoms with Crippen LogP contribution in [0.1, 0.15) is 75.1 Å². The normalized spacial score (nSPS) is 20.3. The first-order valence-corrected chi connectivity index (χ1v) is 11.6. The van der Waals surface area contributed by atoms with Gasteiger partial charge in [0.15, 0.2) is 6.61 Å². The van der Waals surface area contributed by atoms with Gasteiger partial charge in [-0.3, -0.25) is 4.79 Å². The largest absolute Gasteiger partial charge is 0.483 e. The molecule has 162 valence electrons. The van der Waals surface area contributed by atoms with Gasteiger partial charge in [0, 0.05) is 30.6 Å². The van der Waals surface area contributed by atoms with E-state index < -0.39 is 0 Å². The molecule has 1 aliphatic carbocycles. The van der Waals surface area contributed by atoms with Crippen LogP contribution >= 0.6 is 11.6 Å². The van der Waals surface area contributed by atoms with Crippen LogP contribution in [0.3, 0.4) is 0 Å². The summed E-state index contributed by atoms with van der Waals surface area (Å²) in [6.45, 7) is 4.44. The van der Waals surface area contributed by atoms with Crippen LogP contribution in [0, 0.1) is 0 Å². The van der Waals surface area contributed by atoms with E-state index >= 15 is 0 Å². The van der Waals surface area contributed by atoms with Crippen molar-refractivity contribution in [2.75, 3.05) is 19.7 Å². The van der Waals surface area contributed by atoms with Crippen LogP contribution in [0.5, 0.6) is 5.75 Å². The summed E-state index contributed by atoms with van der Waals surface area (Å²) in [4.78, 5) is 14.8. The number of hydrogen-bond acceptors (Lipinski definition) is 4. The molecule has 0 N–H and O–H groups in total. The molecule has 0 bridgehead atoms. The van der Waals surface area contributed by atoms with Gasteiger partial charge in [0.1, 0.15) is 17.9 Å². The Morgan fingerprint density at radius 2 is 1.97 bits per heavy atom. The van der Waals surface area contributed by atoms with Crippen molar-refractivity contribution in [2.45, 2.75) is 70.3 Å². The summed E-state index contributed by atoms with van der Waals surface area (Å²) >= 11 is 6.27. The van der Waals surface area contributed by atoms with E-state index in [0.717, 1.165) is 60.9 Å². The van der Waals surface area contributed by atoms with Crippen molar-refractivity contribution in [1.29, 1.82) is 0 Å². The number of hydrogen-bond donors (Lipinski definition) is 0. The third-order valence-corrected chi connectivity index (χ3v) is 6.73. The summed E-state index contributed by atoms with van der Waals surface area (Å²) in [5, 5.41) is 9.08. The average molecular weight is 431 g/mol. The number of benzene rings is 1. The highest BCUT2D eigenvalue weighted by Crippen LogP contribution is 2.38. The van der Waals surface area contributed by atoms with E-state index in [4.69, 9.17) is 16.3 Å². The van der Waals surface area contributed by atoms with Crippen LogP contribution in [0.4, 0.5) is 0 Å². The second kappa shape index (κ2) is 9.82. The lowest BCUT2D eigenvalue weighted by molar-refractivity contribution is -0.134.